The maximum atomic E-state index is 13.7. The Bertz CT molecular complexity index is 1070. The number of nitrogens with zero attached hydrogens (tertiary/aromatic N) is 1. The minimum Gasteiger partial charge on any atom is -0.454 e. The molecule has 6 heteroatoms. The molecule has 3 aromatic rings. The van der Waals surface area contributed by atoms with Gasteiger partial charge in [0.2, 0.25) is 0 Å². The number of imide groups is 1. The average molecular weight is 405 g/mol. The molecule has 0 aliphatic carbocycles. The molecule has 3 aromatic carbocycles. The second kappa shape index (κ2) is 7.72. The molecule has 1 aliphatic heterocycles. The van der Waals surface area contributed by atoms with Crippen molar-refractivity contribution in [3.05, 3.63) is 95.3 Å². The Labute approximate surface area is 173 Å². The molecule has 0 bridgehead atoms. The third-order valence-corrected chi connectivity index (χ3v) is 5.24. The first-order valence-electron chi connectivity index (χ1n) is 9.57. The number of hydrogen-bond acceptors (Lipinski definition) is 4. The van der Waals surface area contributed by atoms with Gasteiger partial charge in [0.15, 0.2) is 11.6 Å². The van der Waals surface area contributed by atoms with Crippen LogP contribution in [0.4, 0.5) is 4.39 Å². The van der Waals surface area contributed by atoms with E-state index >= 15 is 0 Å². The summed E-state index contributed by atoms with van der Waals surface area (Å²) in [4.78, 5) is 26.1. The summed E-state index contributed by atoms with van der Waals surface area (Å²) in [7, 11) is 0. The van der Waals surface area contributed by atoms with Crippen LogP contribution in [-0.2, 0) is 5.60 Å². The average Bonchev–Trinajstić information content (AvgIpc) is 2.99. The van der Waals surface area contributed by atoms with E-state index in [-0.39, 0.29) is 30.5 Å². The highest BCUT2D eigenvalue weighted by molar-refractivity contribution is 6.21. The van der Waals surface area contributed by atoms with Crippen molar-refractivity contribution < 1.29 is 23.8 Å². The number of benzene rings is 3. The van der Waals surface area contributed by atoms with Crippen LogP contribution in [0.3, 0.4) is 0 Å². The minimum absolute atomic E-state index is 0.0901. The van der Waals surface area contributed by atoms with E-state index in [9.17, 15) is 19.1 Å². The topological polar surface area (TPSA) is 66.8 Å². The van der Waals surface area contributed by atoms with E-state index < -0.39 is 11.4 Å². The molecule has 4 rings (SSSR count). The first-order valence-corrected chi connectivity index (χ1v) is 9.57. The van der Waals surface area contributed by atoms with Crippen molar-refractivity contribution >= 4 is 11.8 Å². The molecular formula is C24H20FNO4. The van der Waals surface area contributed by atoms with Crippen molar-refractivity contribution in [1.82, 2.24) is 4.90 Å². The molecule has 1 unspecified atom stereocenters. The molecule has 152 valence electrons. The Morgan fingerprint density at radius 2 is 1.47 bits per heavy atom. The molecule has 30 heavy (non-hydrogen) atoms. The van der Waals surface area contributed by atoms with Crippen LogP contribution in [0.5, 0.6) is 11.5 Å². The first kappa shape index (κ1) is 19.8. The van der Waals surface area contributed by atoms with Gasteiger partial charge >= 0.3 is 0 Å². The molecule has 1 heterocycles. The van der Waals surface area contributed by atoms with Gasteiger partial charge in [-0.2, -0.15) is 0 Å². The van der Waals surface area contributed by atoms with Crippen molar-refractivity contribution in [3.63, 3.8) is 0 Å². The zero-order chi connectivity index (χ0) is 21.3. The van der Waals surface area contributed by atoms with Gasteiger partial charge in [-0.05, 0) is 55.3 Å². The molecule has 0 radical (unpaired) electrons. The summed E-state index contributed by atoms with van der Waals surface area (Å²) in [5, 5.41) is 10.9. The van der Waals surface area contributed by atoms with Crippen LogP contribution >= 0.6 is 0 Å². The van der Waals surface area contributed by atoms with Gasteiger partial charge in [0.1, 0.15) is 5.75 Å². The Morgan fingerprint density at radius 1 is 0.900 bits per heavy atom. The normalized spacial score (nSPS) is 15.1. The van der Waals surface area contributed by atoms with E-state index in [1.807, 2.05) is 0 Å². The van der Waals surface area contributed by atoms with Gasteiger partial charge < -0.3 is 9.84 Å². The summed E-state index contributed by atoms with van der Waals surface area (Å²) in [6.07, 6.45) is 0.173. The number of amides is 2. The smallest absolute Gasteiger partial charge is 0.261 e. The summed E-state index contributed by atoms with van der Waals surface area (Å²) in [6.45, 7) is 1.71. The fourth-order valence-electron chi connectivity index (χ4n) is 3.45. The number of para-hydroxylation sites is 1. The molecule has 2 amide bonds. The van der Waals surface area contributed by atoms with Crippen LogP contribution in [0, 0.1) is 5.82 Å². The quantitative estimate of drug-likeness (QED) is 0.613. The summed E-state index contributed by atoms with van der Waals surface area (Å²) in [5.74, 6) is -0.614. The van der Waals surface area contributed by atoms with E-state index in [1.54, 1.807) is 67.6 Å². The Morgan fingerprint density at radius 3 is 2.07 bits per heavy atom. The van der Waals surface area contributed by atoms with Gasteiger partial charge in [-0.1, -0.05) is 36.4 Å². The lowest BCUT2D eigenvalue weighted by Gasteiger charge is -2.26. The summed E-state index contributed by atoms with van der Waals surface area (Å²) in [6, 6.07) is 19.4. The van der Waals surface area contributed by atoms with Gasteiger partial charge in [0, 0.05) is 6.54 Å². The molecule has 0 saturated carbocycles. The highest BCUT2D eigenvalue weighted by atomic mass is 19.1. The number of ether oxygens (including phenoxy) is 1. The number of carbonyl (C=O) groups excluding carboxylic acids is 2. The number of hydrogen-bond donors (Lipinski definition) is 1. The third-order valence-electron chi connectivity index (χ3n) is 5.24. The van der Waals surface area contributed by atoms with Gasteiger partial charge in [0.05, 0.1) is 16.7 Å². The standard InChI is InChI=1S/C24H20FNO4/c1-24(29,14-15-26-22(27)18-6-2-3-7-19(18)23(26)28)16-10-12-17(13-11-16)30-21-9-5-4-8-20(21)25/h2-13,29H,14-15H2,1H3. The lowest BCUT2D eigenvalue weighted by atomic mass is 9.92. The van der Waals surface area contributed by atoms with Crippen molar-refractivity contribution in [3.8, 4) is 11.5 Å². The van der Waals surface area contributed by atoms with E-state index in [0.29, 0.717) is 22.4 Å². The first-order chi connectivity index (χ1) is 14.4. The van der Waals surface area contributed by atoms with Crippen LogP contribution in [0.1, 0.15) is 39.6 Å². The van der Waals surface area contributed by atoms with Gasteiger partial charge in [0.25, 0.3) is 11.8 Å². The molecule has 5 nitrogen and oxygen atoms in total. The van der Waals surface area contributed by atoms with Crippen LogP contribution in [0.15, 0.2) is 72.8 Å². The Hall–Kier alpha value is -3.51. The molecule has 0 saturated heterocycles. The highest BCUT2D eigenvalue weighted by Crippen LogP contribution is 2.31. The number of fused-ring (bicyclic) bond motifs is 1. The molecule has 1 atom stereocenters. The summed E-state index contributed by atoms with van der Waals surface area (Å²) >= 11 is 0. The lowest BCUT2D eigenvalue weighted by Crippen LogP contribution is -2.35. The Kier molecular flexibility index (Phi) is 5.10. The second-order valence-corrected chi connectivity index (χ2v) is 7.39. The predicted molar refractivity (Wildman–Crippen MR) is 109 cm³/mol. The molecular weight excluding hydrogens is 385 g/mol. The number of rotatable bonds is 6. The van der Waals surface area contributed by atoms with Crippen LogP contribution in [-0.4, -0.2) is 28.4 Å². The summed E-state index contributed by atoms with van der Waals surface area (Å²) < 4.78 is 19.3. The highest BCUT2D eigenvalue weighted by Gasteiger charge is 2.36. The van der Waals surface area contributed by atoms with E-state index in [0.717, 1.165) is 4.90 Å². The van der Waals surface area contributed by atoms with Crippen molar-refractivity contribution in [2.45, 2.75) is 18.9 Å². The number of halogens is 1. The Balaban J connectivity index is 1.43. The van der Waals surface area contributed by atoms with Crippen LogP contribution in [0.25, 0.3) is 0 Å². The fourth-order valence-corrected chi connectivity index (χ4v) is 3.45. The second-order valence-electron chi connectivity index (χ2n) is 7.39. The zero-order valence-electron chi connectivity index (χ0n) is 16.3. The van der Waals surface area contributed by atoms with Gasteiger partial charge in [-0.15, -0.1) is 0 Å². The SMILES string of the molecule is CC(O)(CCN1C(=O)c2ccccc2C1=O)c1ccc(Oc2ccccc2F)cc1. The largest absolute Gasteiger partial charge is 0.454 e. The molecule has 1 aliphatic rings. The predicted octanol–water partition coefficient (Wildman–Crippen LogP) is 4.51. The number of carbonyl (C=O) groups is 2. The molecule has 1 N–H and O–H groups in total. The molecule has 0 aromatic heterocycles. The maximum absolute atomic E-state index is 13.7. The lowest BCUT2D eigenvalue weighted by molar-refractivity contribution is 0.0339. The monoisotopic (exact) mass is 405 g/mol. The van der Waals surface area contributed by atoms with Gasteiger partial charge in [-0.3, -0.25) is 14.5 Å². The van der Waals surface area contributed by atoms with Gasteiger partial charge in [-0.25, -0.2) is 4.39 Å². The van der Waals surface area contributed by atoms with Crippen molar-refractivity contribution in [2.24, 2.45) is 0 Å². The minimum atomic E-state index is -1.27. The number of aliphatic hydroxyl groups is 1. The molecule has 0 fully saturated rings. The van der Waals surface area contributed by atoms with E-state index in [2.05, 4.69) is 0 Å². The zero-order valence-corrected chi connectivity index (χ0v) is 16.3. The summed E-state index contributed by atoms with van der Waals surface area (Å²) in [5.41, 5.74) is 0.0971. The van der Waals surface area contributed by atoms with Crippen LogP contribution in [0.2, 0.25) is 0 Å². The third kappa shape index (κ3) is 3.69. The van der Waals surface area contributed by atoms with E-state index in [1.165, 1.54) is 12.1 Å². The van der Waals surface area contributed by atoms with Crippen molar-refractivity contribution in [1.29, 1.82) is 0 Å². The maximum Gasteiger partial charge on any atom is 0.261 e. The van der Waals surface area contributed by atoms with Crippen molar-refractivity contribution in [2.75, 3.05) is 6.54 Å². The fraction of sp³-hybridized carbons (Fsp3) is 0.167. The van der Waals surface area contributed by atoms with E-state index in [4.69, 9.17) is 4.74 Å². The molecule has 0 spiro atoms. The van der Waals surface area contributed by atoms with Crippen LogP contribution < -0.4 is 4.74 Å².